The lowest BCUT2D eigenvalue weighted by atomic mass is 10.1. The fourth-order valence-electron chi connectivity index (χ4n) is 1.47. The maximum absolute atomic E-state index is 11.8. The van der Waals surface area contributed by atoms with E-state index in [1.165, 1.54) is 0 Å². The van der Waals surface area contributed by atoms with E-state index in [0.29, 0.717) is 13.0 Å². The van der Waals surface area contributed by atoms with Crippen molar-refractivity contribution in [2.45, 2.75) is 12.8 Å². The Morgan fingerprint density at radius 3 is 2.59 bits per heavy atom. The van der Waals surface area contributed by atoms with Crippen LogP contribution in [0.25, 0.3) is 6.08 Å². The standard InChI is InChI=1S/C14H19O2P/c1-2-12-5-7-13(8-6-12)14(15)4-3-9-16-10-11-17/h2,5-8H,1,3-4,9-11,17H2. The van der Waals surface area contributed by atoms with Crippen LogP contribution in [0.1, 0.15) is 28.8 Å². The lowest BCUT2D eigenvalue weighted by Crippen LogP contribution is -2.03. The Kier molecular flexibility index (Phi) is 6.76. The van der Waals surface area contributed by atoms with Crippen molar-refractivity contribution in [1.82, 2.24) is 0 Å². The summed E-state index contributed by atoms with van der Waals surface area (Å²) in [6, 6.07) is 7.52. The van der Waals surface area contributed by atoms with E-state index in [1.807, 2.05) is 24.3 Å². The van der Waals surface area contributed by atoms with Crippen molar-refractivity contribution in [3.63, 3.8) is 0 Å². The van der Waals surface area contributed by atoms with E-state index in [1.54, 1.807) is 6.08 Å². The fraction of sp³-hybridized carbons (Fsp3) is 0.357. The van der Waals surface area contributed by atoms with Gasteiger partial charge in [0.15, 0.2) is 5.78 Å². The van der Waals surface area contributed by atoms with Crippen molar-refractivity contribution in [3.05, 3.63) is 42.0 Å². The summed E-state index contributed by atoms with van der Waals surface area (Å²) >= 11 is 0. The van der Waals surface area contributed by atoms with Crippen LogP contribution >= 0.6 is 9.24 Å². The summed E-state index contributed by atoms with van der Waals surface area (Å²) in [5.74, 6) is 0.176. The van der Waals surface area contributed by atoms with Gasteiger partial charge in [-0.05, 0) is 18.1 Å². The first kappa shape index (κ1) is 14.1. The molecule has 0 spiro atoms. The van der Waals surface area contributed by atoms with E-state index in [2.05, 4.69) is 15.8 Å². The molecule has 0 aliphatic rings. The van der Waals surface area contributed by atoms with Crippen molar-refractivity contribution < 1.29 is 9.53 Å². The zero-order valence-electron chi connectivity index (χ0n) is 10.0. The molecular formula is C14H19O2P. The summed E-state index contributed by atoms with van der Waals surface area (Å²) in [5, 5.41) is 0. The number of hydrogen-bond acceptors (Lipinski definition) is 2. The van der Waals surface area contributed by atoms with Gasteiger partial charge in [-0.1, -0.05) is 36.9 Å². The summed E-state index contributed by atoms with van der Waals surface area (Å²) in [6.45, 7) is 5.08. The average molecular weight is 250 g/mol. The van der Waals surface area contributed by atoms with Crippen LogP contribution in [0.5, 0.6) is 0 Å². The highest BCUT2D eigenvalue weighted by Crippen LogP contribution is 2.09. The van der Waals surface area contributed by atoms with Crippen LogP contribution in [0.4, 0.5) is 0 Å². The first-order chi connectivity index (χ1) is 8.27. The molecule has 0 amide bonds. The van der Waals surface area contributed by atoms with Crippen LogP contribution in [0, 0.1) is 0 Å². The lowest BCUT2D eigenvalue weighted by molar-refractivity contribution is 0.0948. The number of ether oxygens (including phenoxy) is 1. The van der Waals surface area contributed by atoms with Crippen LogP contribution in [0.2, 0.25) is 0 Å². The van der Waals surface area contributed by atoms with Gasteiger partial charge in [0.25, 0.3) is 0 Å². The summed E-state index contributed by atoms with van der Waals surface area (Å²) < 4.78 is 5.32. The molecule has 92 valence electrons. The zero-order chi connectivity index (χ0) is 12.5. The van der Waals surface area contributed by atoms with Crippen LogP contribution in [0.15, 0.2) is 30.8 Å². The fourth-order valence-corrected chi connectivity index (χ4v) is 1.64. The van der Waals surface area contributed by atoms with E-state index < -0.39 is 0 Å². The van der Waals surface area contributed by atoms with Gasteiger partial charge >= 0.3 is 0 Å². The Morgan fingerprint density at radius 1 is 1.29 bits per heavy atom. The Bertz CT molecular complexity index is 357. The van der Waals surface area contributed by atoms with Crippen molar-refractivity contribution in [2.75, 3.05) is 19.4 Å². The highest BCUT2D eigenvalue weighted by Gasteiger charge is 2.04. The molecule has 0 bridgehead atoms. The number of hydrogen-bond donors (Lipinski definition) is 0. The zero-order valence-corrected chi connectivity index (χ0v) is 11.2. The van der Waals surface area contributed by atoms with Gasteiger partial charge in [0.05, 0.1) is 6.61 Å². The molecule has 0 fully saturated rings. The molecule has 0 heterocycles. The van der Waals surface area contributed by atoms with E-state index in [9.17, 15) is 4.79 Å². The smallest absolute Gasteiger partial charge is 0.162 e. The molecule has 1 aromatic carbocycles. The molecular weight excluding hydrogens is 231 g/mol. The second-order valence-electron chi connectivity index (χ2n) is 3.75. The summed E-state index contributed by atoms with van der Waals surface area (Å²) in [4.78, 5) is 11.8. The molecule has 1 atom stereocenters. The molecule has 0 aliphatic heterocycles. The lowest BCUT2D eigenvalue weighted by Gasteiger charge is -2.03. The third kappa shape index (κ3) is 5.25. The van der Waals surface area contributed by atoms with Crippen LogP contribution in [-0.2, 0) is 4.74 Å². The second-order valence-corrected chi connectivity index (χ2v) is 4.33. The third-order valence-electron chi connectivity index (χ3n) is 2.42. The van der Waals surface area contributed by atoms with Crippen LogP contribution < -0.4 is 0 Å². The van der Waals surface area contributed by atoms with Gasteiger partial charge in [0.2, 0.25) is 0 Å². The molecule has 1 rings (SSSR count). The number of Topliss-reactive ketones (excluding diaryl/α,β-unsaturated/α-hetero) is 1. The van der Waals surface area contributed by atoms with E-state index in [0.717, 1.165) is 30.3 Å². The Hall–Kier alpha value is -0.980. The monoisotopic (exact) mass is 250 g/mol. The van der Waals surface area contributed by atoms with Gasteiger partial charge in [0.1, 0.15) is 0 Å². The van der Waals surface area contributed by atoms with Crippen molar-refractivity contribution in [1.29, 1.82) is 0 Å². The largest absolute Gasteiger partial charge is 0.381 e. The summed E-state index contributed by atoms with van der Waals surface area (Å²) in [6.07, 6.45) is 4.04. The van der Waals surface area contributed by atoms with Crippen LogP contribution in [0.3, 0.4) is 0 Å². The van der Waals surface area contributed by atoms with Crippen molar-refractivity contribution in [2.24, 2.45) is 0 Å². The minimum absolute atomic E-state index is 0.176. The number of benzene rings is 1. The van der Waals surface area contributed by atoms with Gasteiger partial charge in [0, 0.05) is 18.6 Å². The van der Waals surface area contributed by atoms with Gasteiger partial charge in [-0.3, -0.25) is 4.79 Å². The maximum atomic E-state index is 11.8. The van der Waals surface area contributed by atoms with Gasteiger partial charge in [-0.25, -0.2) is 0 Å². The second kappa shape index (κ2) is 8.16. The van der Waals surface area contributed by atoms with Crippen molar-refractivity contribution >= 4 is 21.1 Å². The van der Waals surface area contributed by atoms with E-state index >= 15 is 0 Å². The molecule has 1 aromatic rings. The molecule has 0 saturated heterocycles. The number of carbonyl (C=O) groups excluding carboxylic acids is 1. The predicted molar refractivity (Wildman–Crippen MR) is 75.5 cm³/mol. The topological polar surface area (TPSA) is 26.3 Å². The molecule has 1 unspecified atom stereocenters. The normalized spacial score (nSPS) is 10.2. The quantitative estimate of drug-likeness (QED) is 0.402. The van der Waals surface area contributed by atoms with Crippen LogP contribution in [-0.4, -0.2) is 25.2 Å². The van der Waals surface area contributed by atoms with Gasteiger partial charge < -0.3 is 4.74 Å². The minimum atomic E-state index is 0.176. The van der Waals surface area contributed by atoms with Gasteiger partial charge in [-0.2, -0.15) is 0 Å². The molecule has 0 N–H and O–H groups in total. The van der Waals surface area contributed by atoms with Gasteiger partial charge in [-0.15, -0.1) is 9.24 Å². The highest BCUT2D eigenvalue weighted by atomic mass is 31.0. The summed E-state index contributed by atoms with van der Waals surface area (Å²) in [5.41, 5.74) is 1.80. The first-order valence-corrected chi connectivity index (χ1v) is 6.63. The Morgan fingerprint density at radius 2 is 2.00 bits per heavy atom. The SMILES string of the molecule is C=Cc1ccc(C(=O)CCCOCCP)cc1. The number of rotatable bonds is 8. The highest BCUT2D eigenvalue weighted by molar-refractivity contribution is 7.16. The molecule has 0 saturated carbocycles. The Labute approximate surface area is 105 Å². The molecule has 2 nitrogen and oxygen atoms in total. The van der Waals surface area contributed by atoms with E-state index in [4.69, 9.17) is 4.74 Å². The van der Waals surface area contributed by atoms with Crippen molar-refractivity contribution in [3.8, 4) is 0 Å². The molecule has 0 radical (unpaired) electrons. The molecule has 3 heteroatoms. The molecule has 0 aromatic heterocycles. The molecule has 17 heavy (non-hydrogen) atoms. The maximum Gasteiger partial charge on any atom is 0.162 e. The minimum Gasteiger partial charge on any atom is -0.381 e. The predicted octanol–water partition coefficient (Wildman–Crippen LogP) is 3.18. The average Bonchev–Trinajstić information content (AvgIpc) is 2.38. The Balaban J connectivity index is 2.33. The third-order valence-corrected chi connectivity index (χ3v) is 2.66. The number of carbonyl (C=O) groups is 1. The molecule has 0 aliphatic carbocycles. The first-order valence-electron chi connectivity index (χ1n) is 5.81. The summed E-state index contributed by atoms with van der Waals surface area (Å²) in [7, 11) is 2.61. The van der Waals surface area contributed by atoms with E-state index in [-0.39, 0.29) is 5.78 Å². The number of ketones is 1.